The highest BCUT2D eigenvalue weighted by Crippen LogP contribution is 2.13. The molecule has 1 fully saturated rings. The van der Waals surface area contributed by atoms with Crippen molar-refractivity contribution in [2.75, 3.05) is 19.3 Å². The molecular formula is C11H20N4O2S. The van der Waals surface area contributed by atoms with Crippen LogP contribution in [0.1, 0.15) is 24.4 Å². The van der Waals surface area contributed by atoms with Gasteiger partial charge in [-0.25, -0.2) is 17.7 Å². The van der Waals surface area contributed by atoms with Crippen molar-refractivity contribution in [3.8, 4) is 0 Å². The number of hydrogen-bond donors (Lipinski definition) is 2. The van der Waals surface area contributed by atoms with Gasteiger partial charge in [-0.1, -0.05) is 0 Å². The van der Waals surface area contributed by atoms with Crippen molar-refractivity contribution in [2.45, 2.75) is 32.4 Å². The number of aromatic amines is 1. The third-order valence-corrected chi connectivity index (χ3v) is 4.56. The van der Waals surface area contributed by atoms with Crippen LogP contribution in [0.15, 0.2) is 6.20 Å². The molecule has 0 aliphatic carbocycles. The number of nitrogens with one attached hydrogen (secondary N) is 2. The Kier molecular flexibility index (Phi) is 4.04. The van der Waals surface area contributed by atoms with Gasteiger partial charge in [0, 0.05) is 37.6 Å². The highest BCUT2D eigenvalue weighted by molar-refractivity contribution is 7.88. The molecule has 102 valence electrons. The Balaban J connectivity index is 1.77. The lowest BCUT2D eigenvalue weighted by atomic mass is 10.1. The number of aromatic nitrogens is 2. The second-order valence-electron chi connectivity index (χ2n) is 4.81. The molecule has 1 aromatic heterocycles. The first-order valence-corrected chi connectivity index (χ1v) is 7.99. The fourth-order valence-electron chi connectivity index (χ4n) is 2.21. The third kappa shape index (κ3) is 3.54. The van der Waals surface area contributed by atoms with E-state index in [1.165, 1.54) is 6.26 Å². The summed E-state index contributed by atoms with van der Waals surface area (Å²) in [7, 11) is -3.02. The molecule has 0 aromatic carbocycles. The summed E-state index contributed by atoms with van der Waals surface area (Å²) >= 11 is 0. The molecule has 2 rings (SSSR count). The van der Waals surface area contributed by atoms with Crippen LogP contribution in [-0.2, 0) is 16.6 Å². The molecule has 1 aliphatic heterocycles. The fraction of sp³-hybridized carbons (Fsp3) is 0.727. The van der Waals surface area contributed by atoms with E-state index in [0.29, 0.717) is 19.1 Å². The Morgan fingerprint density at radius 2 is 2.17 bits per heavy atom. The summed E-state index contributed by atoms with van der Waals surface area (Å²) in [5.41, 5.74) is 1.07. The molecule has 2 N–H and O–H groups in total. The minimum Gasteiger partial charge on any atom is -0.345 e. The summed E-state index contributed by atoms with van der Waals surface area (Å²) in [5.74, 6) is 0.915. The number of H-pyrrole nitrogens is 1. The van der Waals surface area contributed by atoms with E-state index in [0.717, 1.165) is 30.9 Å². The van der Waals surface area contributed by atoms with Gasteiger partial charge in [0.05, 0.1) is 6.26 Å². The van der Waals surface area contributed by atoms with Crippen molar-refractivity contribution in [3.05, 3.63) is 17.7 Å². The van der Waals surface area contributed by atoms with Gasteiger partial charge in [-0.15, -0.1) is 0 Å². The molecular weight excluding hydrogens is 252 g/mol. The third-order valence-electron chi connectivity index (χ3n) is 3.26. The highest BCUT2D eigenvalue weighted by Gasteiger charge is 2.24. The Morgan fingerprint density at radius 1 is 1.50 bits per heavy atom. The molecule has 18 heavy (non-hydrogen) atoms. The summed E-state index contributed by atoms with van der Waals surface area (Å²) in [6, 6.07) is 0.381. The topological polar surface area (TPSA) is 78.1 Å². The van der Waals surface area contributed by atoms with Gasteiger partial charge in [0.1, 0.15) is 5.82 Å². The van der Waals surface area contributed by atoms with E-state index < -0.39 is 10.0 Å². The van der Waals surface area contributed by atoms with Crippen molar-refractivity contribution >= 4 is 10.0 Å². The lowest BCUT2D eigenvalue weighted by molar-refractivity contribution is 0.289. The Hall–Kier alpha value is -0.920. The van der Waals surface area contributed by atoms with E-state index in [1.54, 1.807) is 4.31 Å². The Morgan fingerprint density at radius 3 is 2.67 bits per heavy atom. The van der Waals surface area contributed by atoms with E-state index in [2.05, 4.69) is 15.3 Å². The minimum atomic E-state index is -3.02. The highest BCUT2D eigenvalue weighted by atomic mass is 32.2. The molecule has 0 radical (unpaired) electrons. The van der Waals surface area contributed by atoms with Gasteiger partial charge in [0.25, 0.3) is 0 Å². The molecule has 7 heteroatoms. The zero-order valence-electron chi connectivity index (χ0n) is 10.8. The summed E-state index contributed by atoms with van der Waals surface area (Å²) in [6.45, 7) is 3.90. The maximum atomic E-state index is 11.4. The van der Waals surface area contributed by atoms with Gasteiger partial charge in [-0.05, 0) is 19.8 Å². The smallest absolute Gasteiger partial charge is 0.211 e. The maximum Gasteiger partial charge on any atom is 0.211 e. The summed E-state index contributed by atoms with van der Waals surface area (Å²) in [6.07, 6.45) is 4.82. The average Bonchev–Trinajstić information content (AvgIpc) is 2.72. The van der Waals surface area contributed by atoms with Crippen LogP contribution < -0.4 is 5.32 Å². The van der Waals surface area contributed by atoms with Gasteiger partial charge in [0.2, 0.25) is 10.0 Å². The number of rotatable bonds is 4. The first-order valence-electron chi connectivity index (χ1n) is 6.14. The normalized spacial score (nSPS) is 19.2. The Labute approximate surface area is 108 Å². The average molecular weight is 272 g/mol. The predicted octanol–water partition coefficient (Wildman–Crippen LogP) is 0.232. The van der Waals surface area contributed by atoms with Crippen LogP contribution in [0, 0.1) is 6.92 Å². The van der Waals surface area contributed by atoms with Crippen LogP contribution in [0.4, 0.5) is 0 Å². The summed E-state index contributed by atoms with van der Waals surface area (Å²) < 4.78 is 24.3. The van der Waals surface area contributed by atoms with Crippen LogP contribution in [0.25, 0.3) is 0 Å². The molecule has 6 nitrogen and oxygen atoms in total. The number of aryl methyl sites for hydroxylation is 1. The van der Waals surface area contributed by atoms with Crippen LogP contribution in [0.5, 0.6) is 0 Å². The lowest BCUT2D eigenvalue weighted by Gasteiger charge is -2.30. The first-order chi connectivity index (χ1) is 8.45. The maximum absolute atomic E-state index is 11.4. The van der Waals surface area contributed by atoms with Crippen LogP contribution >= 0.6 is 0 Å². The minimum absolute atomic E-state index is 0.381. The molecule has 0 bridgehead atoms. The fourth-order valence-corrected chi connectivity index (χ4v) is 3.08. The van der Waals surface area contributed by atoms with E-state index >= 15 is 0 Å². The van der Waals surface area contributed by atoms with Crippen molar-refractivity contribution in [3.63, 3.8) is 0 Å². The predicted molar refractivity (Wildman–Crippen MR) is 69.6 cm³/mol. The molecule has 1 saturated heterocycles. The SMILES string of the molecule is Cc1ncc(CNC2CCN(S(C)(=O)=O)CC2)[nH]1. The van der Waals surface area contributed by atoms with E-state index in [1.807, 2.05) is 13.1 Å². The number of hydrogen-bond acceptors (Lipinski definition) is 4. The quantitative estimate of drug-likeness (QED) is 0.822. The zero-order valence-corrected chi connectivity index (χ0v) is 11.6. The molecule has 0 amide bonds. The number of imidazole rings is 1. The van der Waals surface area contributed by atoms with Crippen molar-refractivity contribution < 1.29 is 8.42 Å². The Bertz CT molecular complexity index is 489. The number of nitrogens with zero attached hydrogens (tertiary/aromatic N) is 2. The number of piperidine rings is 1. The number of sulfonamides is 1. The molecule has 1 aliphatic rings. The van der Waals surface area contributed by atoms with Gasteiger partial charge in [-0.3, -0.25) is 0 Å². The van der Waals surface area contributed by atoms with Crippen molar-refractivity contribution in [1.29, 1.82) is 0 Å². The van der Waals surface area contributed by atoms with E-state index in [9.17, 15) is 8.42 Å². The second-order valence-corrected chi connectivity index (χ2v) is 6.79. The molecule has 0 spiro atoms. The van der Waals surface area contributed by atoms with Crippen LogP contribution in [0.2, 0.25) is 0 Å². The van der Waals surface area contributed by atoms with E-state index in [4.69, 9.17) is 0 Å². The molecule has 2 heterocycles. The lowest BCUT2D eigenvalue weighted by Crippen LogP contribution is -2.44. The van der Waals surface area contributed by atoms with Crippen LogP contribution in [0.3, 0.4) is 0 Å². The molecule has 0 unspecified atom stereocenters. The largest absolute Gasteiger partial charge is 0.345 e. The zero-order chi connectivity index (χ0) is 13.2. The van der Waals surface area contributed by atoms with Crippen molar-refractivity contribution in [2.24, 2.45) is 0 Å². The van der Waals surface area contributed by atoms with Gasteiger partial charge in [0.15, 0.2) is 0 Å². The van der Waals surface area contributed by atoms with Gasteiger partial charge >= 0.3 is 0 Å². The monoisotopic (exact) mass is 272 g/mol. The molecule has 1 aromatic rings. The molecule has 0 atom stereocenters. The van der Waals surface area contributed by atoms with Gasteiger partial charge in [-0.2, -0.15) is 0 Å². The summed E-state index contributed by atoms with van der Waals surface area (Å²) in [5, 5.41) is 3.43. The van der Waals surface area contributed by atoms with Gasteiger partial charge < -0.3 is 10.3 Å². The van der Waals surface area contributed by atoms with Crippen molar-refractivity contribution in [1.82, 2.24) is 19.6 Å². The molecule has 0 saturated carbocycles. The first kappa shape index (κ1) is 13.5. The second kappa shape index (κ2) is 5.38. The van der Waals surface area contributed by atoms with E-state index in [-0.39, 0.29) is 0 Å². The standard InChI is InChI=1S/C11H20N4O2S/c1-9-12-7-11(14-9)8-13-10-3-5-15(6-4-10)18(2,16)17/h7,10,13H,3-6,8H2,1-2H3,(H,12,14). The summed E-state index contributed by atoms with van der Waals surface area (Å²) in [4.78, 5) is 7.31. The van der Waals surface area contributed by atoms with Crippen LogP contribution in [-0.4, -0.2) is 48.1 Å².